The first-order valence-corrected chi connectivity index (χ1v) is 12.1. The van der Waals surface area contributed by atoms with E-state index in [1.165, 1.54) is 50.0 Å². The first-order valence-electron chi connectivity index (χ1n) is 10.3. The third-order valence-corrected chi connectivity index (χ3v) is 6.08. The van der Waals surface area contributed by atoms with E-state index in [9.17, 15) is 14.4 Å². The molecule has 174 valence electrons. The quantitative estimate of drug-likeness (QED) is 0.185. The Kier molecular flexibility index (Phi) is 13.9. The number of aliphatic carboxylic acids is 2. The molecule has 0 spiro atoms. The minimum atomic E-state index is -1.26. The van der Waals surface area contributed by atoms with Gasteiger partial charge in [0.1, 0.15) is 5.03 Å². The monoisotopic (exact) mass is 478 g/mol. The van der Waals surface area contributed by atoms with Crippen LogP contribution in [0.4, 0.5) is 0 Å². The van der Waals surface area contributed by atoms with Gasteiger partial charge in [-0.05, 0) is 62.8 Å². The second-order valence-corrected chi connectivity index (χ2v) is 9.12. The molecule has 32 heavy (non-hydrogen) atoms. The van der Waals surface area contributed by atoms with E-state index in [0.717, 1.165) is 21.2 Å². The van der Waals surface area contributed by atoms with Crippen molar-refractivity contribution in [3.63, 3.8) is 0 Å². The van der Waals surface area contributed by atoms with Crippen LogP contribution >= 0.6 is 23.1 Å². The van der Waals surface area contributed by atoms with Crippen LogP contribution in [-0.4, -0.2) is 64.2 Å². The predicted octanol–water partition coefficient (Wildman–Crippen LogP) is 4.69. The molecule has 2 N–H and O–H groups in total. The molecule has 0 fully saturated rings. The van der Waals surface area contributed by atoms with Gasteiger partial charge >= 0.3 is 11.9 Å². The summed E-state index contributed by atoms with van der Waals surface area (Å²) in [6.45, 7) is 1.18. The van der Waals surface area contributed by atoms with Crippen molar-refractivity contribution in [1.82, 2.24) is 9.88 Å². The molecule has 2 aromatic heterocycles. The maximum absolute atomic E-state index is 12.5. The van der Waals surface area contributed by atoms with Crippen molar-refractivity contribution in [2.24, 2.45) is 0 Å². The molecule has 0 atom stereocenters. The first kappa shape index (κ1) is 27.5. The topological polar surface area (TPSA) is 108 Å². The third-order valence-electron chi connectivity index (χ3n) is 4.12. The Labute approximate surface area is 197 Å². The Hall–Kier alpha value is -2.49. The molecule has 9 heteroatoms. The van der Waals surface area contributed by atoms with Gasteiger partial charge in [0.15, 0.2) is 0 Å². The second-order valence-electron chi connectivity index (χ2n) is 7.09. The van der Waals surface area contributed by atoms with Crippen molar-refractivity contribution in [1.29, 1.82) is 0 Å². The molecular formula is C23H30N2O5S2. The number of rotatable bonds is 13. The van der Waals surface area contributed by atoms with E-state index in [4.69, 9.17) is 10.2 Å². The van der Waals surface area contributed by atoms with Gasteiger partial charge in [-0.25, -0.2) is 14.6 Å². The number of carbonyl (C=O) groups is 3. The summed E-state index contributed by atoms with van der Waals surface area (Å²) in [5.74, 6) is -1.40. The Morgan fingerprint density at radius 3 is 2.25 bits per heavy atom. The Balaban J connectivity index is 0.000000547. The van der Waals surface area contributed by atoms with Gasteiger partial charge < -0.3 is 15.1 Å². The number of carboxylic acid groups (broad SMARTS) is 2. The highest BCUT2D eigenvalue weighted by atomic mass is 32.2. The highest BCUT2D eigenvalue weighted by molar-refractivity contribution is 7.99. The number of aromatic nitrogens is 1. The third kappa shape index (κ3) is 12.4. The molecule has 0 bridgehead atoms. The normalized spacial score (nSPS) is 10.7. The number of ketones is 1. The number of carboxylic acids is 2. The number of nitrogens with zero attached hydrogens (tertiary/aromatic N) is 2. The number of pyridine rings is 1. The molecule has 0 aromatic carbocycles. The Bertz CT molecular complexity index is 851. The molecule has 2 rings (SSSR count). The highest BCUT2D eigenvalue weighted by Crippen LogP contribution is 2.25. The van der Waals surface area contributed by atoms with E-state index in [1.807, 2.05) is 29.6 Å². The van der Waals surface area contributed by atoms with Gasteiger partial charge in [0, 0.05) is 18.3 Å². The lowest BCUT2D eigenvalue weighted by atomic mass is 10.1. The zero-order valence-electron chi connectivity index (χ0n) is 18.4. The zero-order chi connectivity index (χ0) is 23.8. The molecular weight excluding hydrogens is 448 g/mol. The number of unbranched alkanes of at least 4 members (excludes halogenated alkanes) is 4. The van der Waals surface area contributed by atoms with Gasteiger partial charge in [-0.2, -0.15) is 0 Å². The van der Waals surface area contributed by atoms with Gasteiger partial charge in [0.05, 0.1) is 10.4 Å². The largest absolute Gasteiger partial charge is 0.478 e. The fourth-order valence-corrected chi connectivity index (χ4v) is 4.26. The van der Waals surface area contributed by atoms with Gasteiger partial charge in [-0.1, -0.05) is 25.3 Å². The van der Waals surface area contributed by atoms with Crippen LogP contribution in [0, 0.1) is 0 Å². The molecule has 0 amide bonds. The van der Waals surface area contributed by atoms with Crippen molar-refractivity contribution < 1.29 is 24.6 Å². The molecule has 0 unspecified atom stereocenters. The lowest BCUT2D eigenvalue weighted by Crippen LogP contribution is -2.12. The van der Waals surface area contributed by atoms with Crippen LogP contribution in [0.1, 0.15) is 47.3 Å². The minimum Gasteiger partial charge on any atom is -0.478 e. The average Bonchev–Trinajstić information content (AvgIpc) is 3.29. The summed E-state index contributed by atoms with van der Waals surface area (Å²) in [6, 6.07) is 7.52. The maximum atomic E-state index is 12.5. The van der Waals surface area contributed by atoms with E-state index in [2.05, 4.69) is 24.0 Å². The number of hydrogen-bond donors (Lipinski definition) is 2. The summed E-state index contributed by atoms with van der Waals surface area (Å²) >= 11 is 3.19. The molecule has 0 saturated heterocycles. The molecule has 0 saturated carbocycles. The van der Waals surface area contributed by atoms with E-state index < -0.39 is 11.9 Å². The second kappa shape index (κ2) is 16.2. The van der Waals surface area contributed by atoms with Gasteiger partial charge in [-0.3, -0.25) is 4.79 Å². The summed E-state index contributed by atoms with van der Waals surface area (Å²) in [5, 5.41) is 18.4. The molecule has 0 aliphatic carbocycles. The van der Waals surface area contributed by atoms with Crippen LogP contribution < -0.4 is 0 Å². The minimum absolute atomic E-state index is 0.0873. The summed E-state index contributed by atoms with van der Waals surface area (Å²) in [5.41, 5.74) is 0.732. The summed E-state index contributed by atoms with van der Waals surface area (Å²) in [4.78, 5) is 39.1. The fourth-order valence-electron chi connectivity index (χ4n) is 2.59. The molecule has 2 aromatic rings. The zero-order valence-corrected chi connectivity index (χ0v) is 20.0. The van der Waals surface area contributed by atoms with E-state index in [0.29, 0.717) is 12.2 Å². The van der Waals surface area contributed by atoms with Gasteiger partial charge in [0.2, 0.25) is 5.78 Å². The van der Waals surface area contributed by atoms with Crippen LogP contribution in [0.3, 0.4) is 0 Å². The predicted molar refractivity (Wildman–Crippen MR) is 129 cm³/mol. The Morgan fingerprint density at radius 2 is 1.66 bits per heavy atom. The standard InChI is InChI=1S/C19H26N2OS2.C4H4O4/c1-21(2)13-6-4-3-5-7-14-24-19-16(10-8-12-20-19)18(22)17-11-9-15-23-17;5-3(6)1-2-4(7)8/h8-12,15H,3-7,13-14H2,1-2H3;1-2H,(H,5,6)(H,7,8). The number of thiophene rings is 1. The lowest BCUT2D eigenvalue weighted by Gasteiger charge is -2.09. The van der Waals surface area contributed by atoms with Gasteiger partial charge in [0.25, 0.3) is 0 Å². The van der Waals surface area contributed by atoms with Crippen molar-refractivity contribution in [3.8, 4) is 0 Å². The van der Waals surface area contributed by atoms with Crippen molar-refractivity contribution in [2.75, 3.05) is 26.4 Å². The molecule has 0 aliphatic rings. The molecule has 7 nitrogen and oxygen atoms in total. The maximum Gasteiger partial charge on any atom is 0.328 e. The fraction of sp³-hybridized carbons (Fsp3) is 0.391. The Morgan fingerprint density at radius 1 is 1.00 bits per heavy atom. The van der Waals surface area contributed by atoms with Crippen LogP contribution in [0.5, 0.6) is 0 Å². The van der Waals surface area contributed by atoms with Crippen molar-refractivity contribution in [2.45, 2.75) is 37.1 Å². The van der Waals surface area contributed by atoms with E-state index in [1.54, 1.807) is 18.0 Å². The number of hydrogen-bond acceptors (Lipinski definition) is 7. The lowest BCUT2D eigenvalue weighted by molar-refractivity contribution is -0.134. The highest BCUT2D eigenvalue weighted by Gasteiger charge is 2.15. The molecule has 0 aliphatic heterocycles. The summed E-state index contributed by atoms with van der Waals surface area (Å²) in [6.07, 6.45) is 9.18. The van der Waals surface area contributed by atoms with Crippen LogP contribution in [0.2, 0.25) is 0 Å². The van der Waals surface area contributed by atoms with Crippen LogP contribution in [0.25, 0.3) is 0 Å². The van der Waals surface area contributed by atoms with Gasteiger partial charge in [-0.15, -0.1) is 23.1 Å². The molecule has 2 heterocycles. The van der Waals surface area contributed by atoms with Crippen LogP contribution in [0.15, 0.2) is 53.0 Å². The van der Waals surface area contributed by atoms with E-state index in [-0.39, 0.29) is 5.78 Å². The number of carbonyl (C=O) groups excluding carboxylic acids is 1. The summed E-state index contributed by atoms with van der Waals surface area (Å²) in [7, 11) is 4.25. The molecule has 0 radical (unpaired) electrons. The first-order chi connectivity index (χ1) is 15.3. The smallest absolute Gasteiger partial charge is 0.328 e. The van der Waals surface area contributed by atoms with E-state index >= 15 is 0 Å². The summed E-state index contributed by atoms with van der Waals surface area (Å²) < 4.78 is 0. The van der Waals surface area contributed by atoms with Crippen molar-refractivity contribution in [3.05, 3.63) is 58.4 Å². The number of thioether (sulfide) groups is 1. The SMILES string of the molecule is CN(C)CCCCCCCSc1ncccc1C(=O)c1cccs1.O=C(O)C=CC(=O)O. The van der Waals surface area contributed by atoms with Crippen LogP contribution in [-0.2, 0) is 9.59 Å². The van der Waals surface area contributed by atoms with Crippen molar-refractivity contribution >= 4 is 40.8 Å². The average molecular weight is 479 g/mol.